The number of aryl methyl sites for hydroxylation is 1. The number of benzene rings is 1. The maximum absolute atomic E-state index is 13.3. The molecule has 0 aliphatic rings. The highest BCUT2D eigenvalue weighted by molar-refractivity contribution is 9.10. The monoisotopic (exact) mass is 314 g/mol. The van der Waals surface area contributed by atoms with Gasteiger partial charge in [-0.3, -0.25) is 4.89 Å². The number of aromatic nitrogens is 2. The maximum atomic E-state index is 13.3. The van der Waals surface area contributed by atoms with Crippen molar-refractivity contribution in [3.05, 3.63) is 46.7 Å². The van der Waals surface area contributed by atoms with Crippen LogP contribution in [0.25, 0.3) is 0 Å². The maximum Gasteiger partial charge on any atom is 0.405 e. The molecule has 94 valence electrons. The highest BCUT2D eigenvalue weighted by Gasteiger charge is 2.14. The summed E-state index contributed by atoms with van der Waals surface area (Å²) in [6.07, 6.45) is 2.90. The van der Waals surface area contributed by atoms with Gasteiger partial charge in [-0.05, 0) is 18.2 Å². The SMILES string of the molecule is Cn1cnc(C(=O)OOc2ccc(Br)cc2F)c1. The van der Waals surface area contributed by atoms with Crippen LogP contribution in [0.15, 0.2) is 35.2 Å². The number of carbonyl (C=O) groups is 1. The number of rotatable bonds is 3. The zero-order valence-electron chi connectivity index (χ0n) is 9.26. The summed E-state index contributed by atoms with van der Waals surface area (Å²) in [5.41, 5.74) is 0.0787. The quantitative estimate of drug-likeness (QED) is 0.645. The Hall–Kier alpha value is -1.89. The largest absolute Gasteiger partial charge is 0.405 e. The van der Waals surface area contributed by atoms with Crippen LogP contribution in [-0.4, -0.2) is 15.5 Å². The number of halogens is 2. The van der Waals surface area contributed by atoms with Gasteiger partial charge in [0.15, 0.2) is 11.5 Å². The standard InChI is InChI=1S/C11H8BrFN2O3/c1-15-5-9(14-6-15)11(16)18-17-10-3-2-7(12)4-8(10)13/h2-6H,1H3. The van der Waals surface area contributed by atoms with Crippen LogP contribution in [-0.2, 0) is 11.9 Å². The molecular formula is C11H8BrFN2O3. The Morgan fingerprint density at radius 3 is 2.89 bits per heavy atom. The molecule has 5 nitrogen and oxygen atoms in total. The Balaban J connectivity index is 2.01. The summed E-state index contributed by atoms with van der Waals surface area (Å²) >= 11 is 3.10. The second-order valence-electron chi connectivity index (χ2n) is 3.45. The Labute approximate surface area is 110 Å². The summed E-state index contributed by atoms with van der Waals surface area (Å²) in [5, 5.41) is 0. The second-order valence-corrected chi connectivity index (χ2v) is 4.37. The highest BCUT2D eigenvalue weighted by atomic mass is 79.9. The first-order valence-corrected chi connectivity index (χ1v) is 5.67. The van der Waals surface area contributed by atoms with E-state index in [2.05, 4.69) is 30.7 Å². The van der Waals surface area contributed by atoms with E-state index in [1.165, 1.54) is 24.7 Å². The summed E-state index contributed by atoms with van der Waals surface area (Å²) in [6, 6.07) is 4.10. The fourth-order valence-electron chi connectivity index (χ4n) is 1.19. The van der Waals surface area contributed by atoms with Crippen molar-refractivity contribution in [2.45, 2.75) is 0 Å². The van der Waals surface area contributed by atoms with Gasteiger partial charge in [0.05, 0.1) is 6.33 Å². The minimum absolute atomic E-state index is 0.0787. The number of nitrogens with zero attached hydrogens (tertiary/aromatic N) is 2. The lowest BCUT2D eigenvalue weighted by Gasteiger charge is -2.04. The van der Waals surface area contributed by atoms with Crippen molar-refractivity contribution >= 4 is 21.9 Å². The molecule has 0 spiro atoms. The molecule has 2 aromatic rings. The summed E-state index contributed by atoms with van der Waals surface area (Å²) in [7, 11) is 1.71. The van der Waals surface area contributed by atoms with E-state index in [9.17, 15) is 9.18 Å². The molecule has 18 heavy (non-hydrogen) atoms. The van der Waals surface area contributed by atoms with Crippen molar-refractivity contribution in [1.29, 1.82) is 0 Å². The molecule has 0 amide bonds. The molecule has 0 saturated carbocycles. The zero-order chi connectivity index (χ0) is 13.1. The van der Waals surface area contributed by atoms with Crippen molar-refractivity contribution in [2.75, 3.05) is 0 Å². The average Bonchev–Trinajstić information content (AvgIpc) is 2.74. The van der Waals surface area contributed by atoms with Crippen LogP contribution in [0, 0.1) is 5.82 Å². The molecule has 0 aliphatic carbocycles. The fourth-order valence-corrected chi connectivity index (χ4v) is 1.52. The van der Waals surface area contributed by atoms with Gasteiger partial charge in [-0.1, -0.05) is 15.9 Å². The molecule has 0 saturated heterocycles. The summed E-state index contributed by atoms with van der Waals surface area (Å²) in [6.45, 7) is 0. The minimum Gasteiger partial charge on any atom is -0.340 e. The Kier molecular flexibility index (Phi) is 3.61. The summed E-state index contributed by atoms with van der Waals surface area (Å²) in [4.78, 5) is 24.3. The Morgan fingerprint density at radius 2 is 2.28 bits per heavy atom. The zero-order valence-corrected chi connectivity index (χ0v) is 10.8. The lowest BCUT2D eigenvalue weighted by atomic mass is 10.3. The van der Waals surface area contributed by atoms with Gasteiger partial charge in [0.1, 0.15) is 0 Å². The molecule has 1 aromatic heterocycles. The first-order chi connectivity index (χ1) is 8.56. The van der Waals surface area contributed by atoms with Gasteiger partial charge in [-0.25, -0.2) is 19.1 Å². The number of hydrogen-bond donors (Lipinski definition) is 0. The van der Waals surface area contributed by atoms with Crippen LogP contribution in [0.4, 0.5) is 4.39 Å². The van der Waals surface area contributed by atoms with Gasteiger partial charge in [-0.15, -0.1) is 0 Å². The summed E-state index contributed by atoms with van der Waals surface area (Å²) < 4.78 is 15.5. The van der Waals surface area contributed by atoms with Crippen LogP contribution < -0.4 is 4.89 Å². The third kappa shape index (κ3) is 2.86. The normalized spacial score (nSPS) is 10.2. The first kappa shape index (κ1) is 12.6. The molecule has 0 bridgehead atoms. The predicted molar refractivity (Wildman–Crippen MR) is 63.4 cm³/mol. The van der Waals surface area contributed by atoms with Gasteiger partial charge >= 0.3 is 5.97 Å². The summed E-state index contributed by atoms with van der Waals surface area (Å²) in [5.74, 6) is -1.61. The van der Waals surface area contributed by atoms with Crippen molar-refractivity contribution in [2.24, 2.45) is 7.05 Å². The highest BCUT2D eigenvalue weighted by Crippen LogP contribution is 2.21. The molecule has 0 unspecified atom stereocenters. The van der Waals surface area contributed by atoms with E-state index in [-0.39, 0.29) is 11.4 Å². The van der Waals surface area contributed by atoms with Crippen molar-refractivity contribution < 1.29 is 19.0 Å². The van der Waals surface area contributed by atoms with Crippen molar-refractivity contribution in [3.8, 4) is 5.75 Å². The topological polar surface area (TPSA) is 53.4 Å². The lowest BCUT2D eigenvalue weighted by Crippen LogP contribution is -2.09. The molecule has 0 N–H and O–H groups in total. The van der Waals surface area contributed by atoms with Crippen LogP contribution in [0.2, 0.25) is 0 Å². The van der Waals surface area contributed by atoms with Gasteiger partial charge in [0.25, 0.3) is 0 Å². The van der Waals surface area contributed by atoms with Crippen LogP contribution in [0.3, 0.4) is 0 Å². The Morgan fingerprint density at radius 1 is 1.50 bits per heavy atom. The molecular weight excluding hydrogens is 307 g/mol. The number of hydrogen-bond acceptors (Lipinski definition) is 4. The van der Waals surface area contributed by atoms with Gasteiger partial charge < -0.3 is 4.57 Å². The molecule has 0 aliphatic heterocycles. The van der Waals surface area contributed by atoms with Gasteiger partial charge in [0.2, 0.25) is 5.75 Å². The van der Waals surface area contributed by atoms with E-state index in [1.54, 1.807) is 17.7 Å². The molecule has 7 heteroatoms. The van der Waals surface area contributed by atoms with E-state index in [0.717, 1.165) is 0 Å². The van der Waals surface area contributed by atoms with E-state index >= 15 is 0 Å². The molecule has 2 rings (SSSR count). The number of carbonyl (C=O) groups excluding carboxylic acids is 1. The van der Waals surface area contributed by atoms with E-state index in [4.69, 9.17) is 0 Å². The fraction of sp³-hybridized carbons (Fsp3) is 0.0909. The van der Waals surface area contributed by atoms with Gasteiger partial charge in [-0.2, -0.15) is 0 Å². The van der Waals surface area contributed by atoms with Crippen LogP contribution >= 0.6 is 15.9 Å². The van der Waals surface area contributed by atoms with Crippen molar-refractivity contribution in [1.82, 2.24) is 9.55 Å². The molecule has 0 atom stereocenters. The number of imidazole rings is 1. The van der Waals surface area contributed by atoms with Crippen molar-refractivity contribution in [3.63, 3.8) is 0 Å². The molecule has 1 aromatic carbocycles. The molecule has 0 radical (unpaired) electrons. The smallest absolute Gasteiger partial charge is 0.340 e. The van der Waals surface area contributed by atoms with E-state index < -0.39 is 11.8 Å². The van der Waals surface area contributed by atoms with Gasteiger partial charge in [0, 0.05) is 17.7 Å². The average molecular weight is 315 g/mol. The minimum atomic E-state index is -0.794. The van der Waals surface area contributed by atoms with E-state index in [0.29, 0.717) is 4.47 Å². The third-order valence-corrected chi connectivity index (χ3v) is 2.51. The third-order valence-electron chi connectivity index (χ3n) is 2.02. The molecule has 0 fully saturated rings. The predicted octanol–water partition coefficient (Wildman–Crippen LogP) is 2.47. The van der Waals surface area contributed by atoms with Crippen LogP contribution in [0.1, 0.15) is 10.5 Å². The first-order valence-electron chi connectivity index (χ1n) is 4.88. The Bertz CT molecular complexity index is 585. The second kappa shape index (κ2) is 5.18. The lowest BCUT2D eigenvalue weighted by molar-refractivity contribution is -0.152. The van der Waals surface area contributed by atoms with Crippen LogP contribution in [0.5, 0.6) is 5.75 Å². The van der Waals surface area contributed by atoms with E-state index in [1.807, 2.05) is 0 Å². The molecule has 1 heterocycles.